The van der Waals surface area contributed by atoms with Gasteiger partial charge in [-0.25, -0.2) is 9.59 Å². The fraction of sp³-hybridized carbons (Fsp3) is 0.263. The summed E-state index contributed by atoms with van der Waals surface area (Å²) in [6.07, 6.45) is -3.50. The summed E-state index contributed by atoms with van der Waals surface area (Å²) in [7, 11) is 0. The molecule has 6 N–H and O–H groups in total. The second-order valence-corrected chi connectivity index (χ2v) is 5.90. The van der Waals surface area contributed by atoms with E-state index >= 15 is 0 Å². The van der Waals surface area contributed by atoms with Crippen molar-refractivity contribution in [1.82, 2.24) is 5.32 Å². The topological polar surface area (TPSA) is 142 Å². The van der Waals surface area contributed by atoms with Crippen molar-refractivity contribution in [3.63, 3.8) is 0 Å². The van der Waals surface area contributed by atoms with Gasteiger partial charge in [0.25, 0.3) is 0 Å². The standard InChI is InChI=1S/C19H22N2O6/c20-14-8-4-7-13(18(24)25)16(14)17(23)15(22)9-10-21-19(26)27-11-12-5-2-1-3-6-12/h1-8,15,17,22-23H,9-11,20H2,(H,21,26)(H,24,25). The molecule has 144 valence electrons. The van der Waals surface area contributed by atoms with E-state index in [1.165, 1.54) is 18.2 Å². The number of nitrogens with two attached hydrogens (primary N) is 1. The third kappa shape index (κ3) is 5.70. The van der Waals surface area contributed by atoms with Crippen molar-refractivity contribution in [3.8, 4) is 0 Å². The number of hydrogen-bond acceptors (Lipinski definition) is 6. The molecule has 8 nitrogen and oxygen atoms in total. The molecule has 0 spiro atoms. The number of alkyl carbamates (subject to hydrolysis) is 1. The van der Waals surface area contributed by atoms with E-state index in [1.807, 2.05) is 30.3 Å². The monoisotopic (exact) mass is 374 g/mol. The van der Waals surface area contributed by atoms with Gasteiger partial charge in [0.2, 0.25) is 0 Å². The van der Waals surface area contributed by atoms with Crippen molar-refractivity contribution < 1.29 is 29.6 Å². The largest absolute Gasteiger partial charge is 0.478 e. The highest BCUT2D eigenvalue weighted by atomic mass is 16.5. The molecule has 0 aliphatic heterocycles. The summed E-state index contributed by atoms with van der Waals surface area (Å²) in [5.41, 5.74) is 6.41. The number of nitrogens with one attached hydrogen (secondary N) is 1. The molecule has 0 heterocycles. The van der Waals surface area contributed by atoms with Crippen molar-refractivity contribution in [1.29, 1.82) is 0 Å². The number of carbonyl (C=O) groups is 2. The minimum absolute atomic E-state index is 0.0189. The Bertz CT molecular complexity index is 781. The average molecular weight is 374 g/mol. The van der Waals surface area contributed by atoms with E-state index in [-0.39, 0.29) is 36.4 Å². The Morgan fingerprint density at radius 3 is 2.44 bits per heavy atom. The highest BCUT2D eigenvalue weighted by molar-refractivity contribution is 5.91. The molecule has 0 fully saturated rings. The van der Waals surface area contributed by atoms with Crippen LogP contribution < -0.4 is 11.1 Å². The zero-order valence-electron chi connectivity index (χ0n) is 14.5. The smallest absolute Gasteiger partial charge is 0.407 e. The Morgan fingerprint density at radius 1 is 1.07 bits per heavy atom. The van der Waals surface area contributed by atoms with E-state index in [9.17, 15) is 24.9 Å². The quantitative estimate of drug-likeness (QED) is 0.442. The maximum Gasteiger partial charge on any atom is 0.407 e. The number of carbonyl (C=O) groups excluding carboxylic acids is 1. The first kappa shape index (κ1) is 20.2. The number of aromatic carboxylic acids is 1. The summed E-state index contributed by atoms with van der Waals surface area (Å²) >= 11 is 0. The third-order valence-corrected chi connectivity index (χ3v) is 3.95. The zero-order valence-corrected chi connectivity index (χ0v) is 14.5. The first-order valence-electron chi connectivity index (χ1n) is 8.32. The minimum atomic E-state index is -1.50. The number of benzene rings is 2. The minimum Gasteiger partial charge on any atom is -0.478 e. The number of anilines is 1. The van der Waals surface area contributed by atoms with Crippen molar-refractivity contribution in [2.75, 3.05) is 12.3 Å². The third-order valence-electron chi connectivity index (χ3n) is 3.95. The van der Waals surface area contributed by atoms with Crippen LogP contribution in [-0.2, 0) is 11.3 Å². The number of amides is 1. The summed E-state index contributed by atoms with van der Waals surface area (Å²) in [4.78, 5) is 22.9. The van der Waals surface area contributed by atoms with E-state index < -0.39 is 24.3 Å². The molecule has 0 saturated heterocycles. The molecule has 2 rings (SSSR count). The molecule has 1 amide bonds. The van der Waals surface area contributed by atoms with E-state index in [0.29, 0.717) is 0 Å². The molecule has 2 atom stereocenters. The molecule has 0 aromatic heterocycles. The molecule has 27 heavy (non-hydrogen) atoms. The van der Waals surface area contributed by atoms with Crippen molar-refractivity contribution in [2.24, 2.45) is 0 Å². The Hall–Kier alpha value is -3.10. The lowest BCUT2D eigenvalue weighted by Crippen LogP contribution is -2.30. The van der Waals surface area contributed by atoms with E-state index in [0.717, 1.165) is 5.56 Å². The molecular formula is C19H22N2O6. The average Bonchev–Trinajstić information content (AvgIpc) is 2.66. The summed E-state index contributed by atoms with van der Waals surface area (Å²) in [6.45, 7) is 0.140. The number of aliphatic hydroxyl groups is 2. The molecule has 0 saturated carbocycles. The molecule has 0 aliphatic carbocycles. The van der Waals surface area contributed by atoms with Crippen molar-refractivity contribution in [2.45, 2.75) is 25.2 Å². The molecule has 2 aromatic carbocycles. The second-order valence-electron chi connectivity index (χ2n) is 5.90. The van der Waals surface area contributed by atoms with E-state index in [1.54, 1.807) is 0 Å². The van der Waals surface area contributed by atoms with Crippen molar-refractivity contribution >= 4 is 17.7 Å². The fourth-order valence-electron chi connectivity index (χ4n) is 2.55. The van der Waals surface area contributed by atoms with Crippen LogP contribution in [-0.4, -0.2) is 40.0 Å². The Kier molecular flexibility index (Phi) is 7.16. The number of ether oxygens (including phenoxy) is 1. The fourth-order valence-corrected chi connectivity index (χ4v) is 2.55. The Balaban J connectivity index is 1.84. The molecule has 8 heteroatoms. The number of carboxylic acids is 1. The first-order valence-corrected chi connectivity index (χ1v) is 8.32. The van der Waals surface area contributed by atoms with Crippen LogP contribution in [0, 0.1) is 0 Å². The van der Waals surface area contributed by atoms with Crippen molar-refractivity contribution in [3.05, 3.63) is 65.2 Å². The number of nitrogen functional groups attached to an aromatic ring is 1. The maximum atomic E-state index is 11.7. The zero-order chi connectivity index (χ0) is 19.8. The van der Waals surface area contributed by atoms with Gasteiger partial charge in [-0.3, -0.25) is 0 Å². The van der Waals surface area contributed by atoms with Gasteiger partial charge in [0, 0.05) is 17.8 Å². The van der Waals surface area contributed by atoms with Gasteiger partial charge in [0.15, 0.2) is 0 Å². The Morgan fingerprint density at radius 2 is 1.78 bits per heavy atom. The van der Waals surface area contributed by atoms with Gasteiger partial charge < -0.3 is 31.1 Å². The van der Waals surface area contributed by atoms with Gasteiger partial charge in [-0.05, 0) is 24.1 Å². The van der Waals surface area contributed by atoms with Crippen LogP contribution in [0.1, 0.15) is 34.0 Å². The number of carboxylic acid groups (broad SMARTS) is 1. The predicted octanol–water partition coefficient (Wildman–Crippen LogP) is 1.68. The summed E-state index contributed by atoms with van der Waals surface area (Å²) in [5, 5.41) is 32.1. The van der Waals surface area contributed by atoms with Gasteiger partial charge in [0.05, 0.1) is 11.7 Å². The van der Waals surface area contributed by atoms with Gasteiger partial charge in [0.1, 0.15) is 12.7 Å². The number of aliphatic hydroxyl groups excluding tert-OH is 2. The SMILES string of the molecule is Nc1cccc(C(=O)O)c1C(O)C(O)CCNC(=O)OCc1ccccc1. The van der Waals surface area contributed by atoms with Crippen LogP contribution in [0.5, 0.6) is 0 Å². The van der Waals surface area contributed by atoms with Gasteiger partial charge in [-0.1, -0.05) is 36.4 Å². The van der Waals surface area contributed by atoms with E-state index in [4.69, 9.17) is 10.5 Å². The number of rotatable bonds is 8. The molecule has 0 aliphatic rings. The normalized spacial score (nSPS) is 12.8. The van der Waals surface area contributed by atoms with Crippen LogP contribution in [0.25, 0.3) is 0 Å². The van der Waals surface area contributed by atoms with Gasteiger partial charge >= 0.3 is 12.1 Å². The number of hydrogen-bond donors (Lipinski definition) is 5. The highest BCUT2D eigenvalue weighted by Gasteiger charge is 2.25. The lowest BCUT2D eigenvalue weighted by atomic mass is 9.95. The van der Waals surface area contributed by atoms with E-state index in [2.05, 4.69) is 5.32 Å². The second kappa shape index (κ2) is 9.56. The molecular weight excluding hydrogens is 352 g/mol. The summed E-state index contributed by atoms with van der Waals surface area (Å²) in [5.74, 6) is -1.26. The lowest BCUT2D eigenvalue weighted by Gasteiger charge is -2.21. The van der Waals surface area contributed by atoms with Crippen LogP contribution in [0.15, 0.2) is 48.5 Å². The van der Waals surface area contributed by atoms with Gasteiger partial charge in [-0.2, -0.15) is 0 Å². The first-order chi connectivity index (χ1) is 12.9. The van der Waals surface area contributed by atoms with Crippen LogP contribution >= 0.6 is 0 Å². The van der Waals surface area contributed by atoms with Gasteiger partial charge in [-0.15, -0.1) is 0 Å². The van der Waals surface area contributed by atoms with Crippen LogP contribution in [0.4, 0.5) is 10.5 Å². The highest BCUT2D eigenvalue weighted by Crippen LogP contribution is 2.28. The molecule has 0 bridgehead atoms. The Labute approximate surface area is 156 Å². The van der Waals surface area contributed by atoms with Crippen LogP contribution in [0.3, 0.4) is 0 Å². The van der Waals surface area contributed by atoms with Crippen LogP contribution in [0.2, 0.25) is 0 Å². The molecule has 0 radical (unpaired) electrons. The molecule has 2 unspecified atom stereocenters. The molecule has 2 aromatic rings. The lowest BCUT2D eigenvalue weighted by molar-refractivity contribution is 0.0132. The maximum absolute atomic E-state index is 11.7. The predicted molar refractivity (Wildman–Crippen MR) is 98.0 cm³/mol. The summed E-state index contributed by atoms with van der Waals surface area (Å²) < 4.78 is 5.03. The summed E-state index contributed by atoms with van der Waals surface area (Å²) in [6, 6.07) is 13.3.